The fraction of sp³-hybridized carbons (Fsp3) is 0. The van der Waals surface area contributed by atoms with Gasteiger partial charge in [0, 0.05) is 15.5 Å². The lowest BCUT2D eigenvalue weighted by atomic mass is 10.1. The van der Waals surface area contributed by atoms with Gasteiger partial charge < -0.3 is 14.7 Å². The maximum Gasteiger partial charge on any atom is 0.707 e. The molecule has 0 saturated heterocycles. The number of benzene rings is 2. The highest BCUT2D eigenvalue weighted by atomic mass is 32.1. The summed E-state index contributed by atoms with van der Waals surface area (Å²) in [5, 5.41) is 18.1. The Kier molecular flexibility index (Phi) is 1.28. The molecule has 0 saturated carbocycles. The molecule has 0 radical (unpaired) electrons. The topological polar surface area (TPSA) is 49.7 Å². The smallest absolute Gasteiger partial charge is 0.511 e. The lowest BCUT2D eigenvalue weighted by Crippen LogP contribution is -2.20. The quantitative estimate of drug-likeness (QED) is 0.687. The lowest BCUT2D eigenvalue weighted by molar-refractivity contribution is 0.290. The van der Waals surface area contributed by atoms with E-state index >= 15 is 0 Å². The van der Waals surface area contributed by atoms with E-state index in [1.165, 1.54) is 0 Å². The molecule has 2 N–H and O–H groups in total. The summed E-state index contributed by atoms with van der Waals surface area (Å²) in [5.74, 6) is -0.348. The van der Waals surface area contributed by atoms with E-state index in [0.717, 1.165) is 11.3 Å². The molecule has 1 heterocycles. The van der Waals surface area contributed by atoms with Gasteiger partial charge >= 0.3 is 7.32 Å². The largest absolute Gasteiger partial charge is 0.707 e. The van der Waals surface area contributed by atoms with Crippen LogP contribution in [-0.2, 0) is 0 Å². The van der Waals surface area contributed by atoms with Crippen LogP contribution in [0.15, 0.2) is 42.3 Å². The second-order valence-electron chi connectivity index (χ2n) is 3.16. The summed E-state index contributed by atoms with van der Waals surface area (Å²) in [6.07, 6.45) is 0. The second kappa shape index (κ2) is 4.03. The van der Waals surface area contributed by atoms with Crippen LogP contribution < -0.4 is 4.65 Å². The fourth-order valence-electron chi connectivity index (χ4n) is 1.50. The monoisotopic (exact) mass is 251 g/mol. The molecule has 0 unspecified atom stereocenters. The first-order valence-electron chi connectivity index (χ1n) is 8.11. The van der Waals surface area contributed by atoms with Gasteiger partial charge in [-0.2, -0.15) is 0 Å². The highest BCUT2D eigenvalue weighted by Gasteiger charge is 2.15. The third-order valence-electron chi connectivity index (χ3n) is 2.13. The van der Waals surface area contributed by atoms with Crippen LogP contribution in [-0.4, -0.2) is 17.4 Å². The fourth-order valence-corrected chi connectivity index (χ4v) is 2.50. The van der Waals surface area contributed by atoms with E-state index in [0.29, 0.717) is 0 Å². The third-order valence-corrected chi connectivity index (χ3v) is 3.23. The summed E-state index contributed by atoms with van der Waals surface area (Å²) in [6, 6.07) is -3.03. The van der Waals surface area contributed by atoms with Crippen molar-refractivity contribution >= 4 is 38.8 Å². The zero-order valence-electron chi connectivity index (χ0n) is 15.3. The predicted octanol–water partition coefficient (Wildman–Crippen LogP) is 2.40. The van der Waals surface area contributed by atoms with Crippen molar-refractivity contribution in [2.24, 2.45) is 0 Å². The number of fused-ring (bicyclic) bond motifs is 3. The Morgan fingerprint density at radius 2 is 1.82 bits per heavy atom. The van der Waals surface area contributed by atoms with Crippen molar-refractivity contribution in [2.45, 2.75) is 0 Å². The summed E-state index contributed by atoms with van der Waals surface area (Å²) in [6.45, 7) is 0. The van der Waals surface area contributed by atoms with Crippen molar-refractivity contribution < 1.29 is 24.3 Å². The molecule has 0 atom stereocenters. The van der Waals surface area contributed by atoms with Gasteiger partial charge in [-0.1, -0.05) is 30.2 Å². The van der Waals surface area contributed by atoms with Crippen molar-refractivity contribution in [3.63, 3.8) is 0 Å². The number of rotatable bonds is 2. The van der Waals surface area contributed by atoms with Crippen molar-refractivity contribution in [1.82, 2.24) is 0 Å². The van der Waals surface area contributed by atoms with E-state index < -0.39 is 31.5 Å². The highest BCUT2D eigenvalue weighted by Crippen LogP contribution is 2.38. The van der Waals surface area contributed by atoms with Gasteiger partial charge in [-0.05, 0) is 12.1 Å². The van der Waals surface area contributed by atoms with Gasteiger partial charge in [-0.3, -0.25) is 0 Å². The van der Waals surface area contributed by atoms with E-state index in [4.69, 9.17) is 24.3 Å². The van der Waals surface area contributed by atoms with Gasteiger partial charge in [0.25, 0.3) is 0 Å². The van der Waals surface area contributed by atoms with Gasteiger partial charge in [0.05, 0.1) is 14.3 Å². The van der Waals surface area contributed by atoms with E-state index in [1.54, 1.807) is 0 Å². The van der Waals surface area contributed by atoms with E-state index in [2.05, 4.69) is 0 Å². The van der Waals surface area contributed by atoms with Gasteiger partial charge in [-0.25, -0.2) is 0 Å². The van der Waals surface area contributed by atoms with Gasteiger partial charge in [0.2, 0.25) is 0 Å². The van der Waals surface area contributed by atoms with Crippen molar-refractivity contribution in [1.29, 1.82) is 0 Å². The first kappa shape index (κ1) is 5.39. The molecule has 5 heteroatoms. The Bertz CT molecular complexity index is 1000. The molecule has 3 rings (SSSR count). The van der Waals surface area contributed by atoms with Crippen molar-refractivity contribution in [3.8, 4) is 5.75 Å². The molecule has 0 amide bonds. The summed E-state index contributed by atoms with van der Waals surface area (Å²) < 4.78 is 60.3. The lowest BCUT2D eigenvalue weighted by Gasteiger charge is -2.04. The number of hydrogen-bond donors (Lipinski definition) is 2. The Balaban J connectivity index is 2.62. The van der Waals surface area contributed by atoms with Crippen LogP contribution in [0.4, 0.5) is 0 Å². The van der Waals surface area contributed by atoms with Crippen LogP contribution in [0, 0.1) is 0 Å². The maximum absolute atomic E-state index is 9.03. The van der Waals surface area contributed by atoms with Crippen LogP contribution in [0.1, 0.15) is 9.60 Å². The zero-order chi connectivity index (χ0) is 17.9. The molecule has 2 aromatic carbocycles. The minimum Gasteiger partial charge on any atom is -0.511 e. The van der Waals surface area contributed by atoms with Crippen molar-refractivity contribution in [2.75, 3.05) is 0 Å². The Hall–Kier alpha value is -1.56. The molecule has 0 aliphatic carbocycles. The predicted molar refractivity (Wildman–Crippen MR) is 70.2 cm³/mol. The average molecular weight is 251 g/mol. The second-order valence-corrected chi connectivity index (χ2v) is 4.18. The molecule has 0 bridgehead atoms. The molecule has 84 valence electrons. The Morgan fingerprint density at radius 3 is 2.65 bits per heavy atom. The summed E-state index contributed by atoms with van der Waals surface area (Å²) in [7, 11) is -2.25. The van der Waals surface area contributed by atoms with Gasteiger partial charge in [0.15, 0.2) is 0 Å². The molecule has 17 heavy (non-hydrogen) atoms. The van der Waals surface area contributed by atoms with E-state index in [9.17, 15) is 0 Å². The van der Waals surface area contributed by atoms with Crippen LogP contribution >= 0.6 is 11.3 Å². The average Bonchev–Trinajstić information content (AvgIpc) is 2.93. The van der Waals surface area contributed by atoms with Crippen LogP contribution in [0.25, 0.3) is 20.2 Å². The molecule has 0 spiro atoms. The van der Waals surface area contributed by atoms with Crippen LogP contribution in [0.2, 0.25) is 0 Å². The SMILES string of the molecule is [2H]c1c([2H])c([2H])c2c(sc3c(OB(O)O)c([2H])c([2H])c([2H])c32)c1[2H]. The standard InChI is InChI=1S/C12H9BO3S/c14-13(15)16-10-6-3-5-9-8-4-1-2-7-11(8)17-12(9)10/h1-7,14-15H/i1D,2D,3D,4D,5D,6D,7D. The molecule has 0 aliphatic rings. The Labute approximate surface area is 112 Å². The molecule has 1 aromatic heterocycles. The third kappa shape index (κ3) is 1.78. The maximum atomic E-state index is 9.03. The molecule has 0 aliphatic heterocycles. The zero-order valence-corrected chi connectivity index (χ0v) is 9.10. The van der Waals surface area contributed by atoms with E-state index in [-0.39, 0.29) is 44.0 Å². The van der Waals surface area contributed by atoms with Crippen LogP contribution in [0.5, 0.6) is 5.75 Å². The van der Waals surface area contributed by atoms with E-state index in [1.807, 2.05) is 0 Å². The summed E-state index contributed by atoms with van der Waals surface area (Å²) in [4.78, 5) is 0. The van der Waals surface area contributed by atoms with Gasteiger partial charge in [0.1, 0.15) is 5.75 Å². The first-order chi connectivity index (χ1) is 11.2. The summed E-state index contributed by atoms with van der Waals surface area (Å²) >= 11 is 0.850. The molecular weight excluding hydrogens is 235 g/mol. The number of hydrogen-bond acceptors (Lipinski definition) is 4. The van der Waals surface area contributed by atoms with Gasteiger partial charge in [-0.15, -0.1) is 11.3 Å². The highest BCUT2D eigenvalue weighted by molar-refractivity contribution is 7.26. The summed E-state index contributed by atoms with van der Waals surface area (Å²) in [5.41, 5.74) is 0. The molecule has 3 nitrogen and oxygen atoms in total. The Morgan fingerprint density at radius 1 is 1.06 bits per heavy atom. The molecular formula is C12H9BO3S. The molecule has 3 aromatic rings. The molecule has 0 fully saturated rings. The minimum atomic E-state index is -2.25. The minimum absolute atomic E-state index is 0.0265. The first-order valence-corrected chi connectivity index (χ1v) is 5.43. The van der Waals surface area contributed by atoms with Crippen molar-refractivity contribution in [3.05, 3.63) is 42.3 Å². The number of thiophene rings is 1. The normalized spacial score (nSPS) is 16.7. The van der Waals surface area contributed by atoms with Crippen LogP contribution in [0.3, 0.4) is 0 Å².